The van der Waals surface area contributed by atoms with Gasteiger partial charge in [0.25, 0.3) is 0 Å². The minimum absolute atomic E-state index is 0.538. The quantitative estimate of drug-likeness (QED) is 0.811. The number of fused-ring (bicyclic) bond motifs is 3. The van der Waals surface area contributed by atoms with Gasteiger partial charge in [-0.1, -0.05) is 29.3 Å². The van der Waals surface area contributed by atoms with Crippen molar-refractivity contribution in [2.24, 2.45) is 5.92 Å². The number of anilines is 2. The van der Waals surface area contributed by atoms with Gasteiger partial charge in [0.1, 0.15) is 5.75 Å². The summed E-state index contributed by atoms with van der Waals surface area (Å²) in [5, 5.41) is 8.36. The normalized spacial score (nSPS) is 21.3. The zero-order valence-corrected chi connectivity index (χ0v) is 16.5. The molecule has 2 heterocycles. The van der Waals surface area contributed by atoms with E-state index in [9.17, 15) is 0 Å². The molecule has 0 saturated carbocycles. The van der Waals surface area contributed by atoms with Crippen molar-refractivity contribution in [3.05, 3.63) is 51.5 Å². The summed E-state index contributed by atoms with van der Waals surface area (Å²) in [5.41, 5.74) is 4.64. The third-order valence-corrected chi connectivity index (χ3v) is 6.04. The molecule has 138 valence electrons. The first-order valence-electron chi connectivity index (χ1n) is 8.88. The Labute approximate surface area is 164 Å². The molecule has 2 aliphatic heterocycles. The van der Waals surface area contributed by atoms with E-state index in [2.05, 4.69) is 34.7 Å². The van der Waals surface area contributed by atoms with Crippen LogP contribution in [0.3, 0.4) is 0 Å². The van der Waals surface area contributed by atoms with E-state index in [0.29, 0.717) is 28.4 Å². The first-order valence-corrected chi connectivity index (χ1v) is 9.64. The average molecular weight is 392 g/mol. The predicted octanol–water partition coefficient (Wildman–Crippen LogP) is 4.37. The lowest BCUT2D eigenvalue weighted by atomic mass is 9.83. The number of ether oxygens (including phenoxy) is 1. The largest absolute Gasteiger partial charge is 0.494 e. The van der Waals surface area contributed by atoms with Crippen molar-refractivity contribution in [3.8, 4) is 5.75 Å². The molecule has 26 heavy (non-hydrogen) atoms. The fraction of sp³-hybridized carbons (Fsp3) is 0.400. The Morgan fingerprint density at radius 1 is 1.23 bits per heavy atom. The van der Waals surface area contributed by atoms with Crippen molar-refractivity contribution >= 4 is 34.6 Å². The topological polar surface area (TPSA) is 36.5 Å². The van der Waals surface area contributed by atoms with Crippen LogP contribution in [0.2, 0.25) is 10.0 Å². The van der Waals surface area contributed by atoms with Crippen LogP contribution in [0.15, 0.2) is 30.3 Å². The van der Waals surface area contributed by atoms with Crippen molar-refractivity contribution in [1.29, 1.82) is 0 Å². The van der Waals surface area contributed by atoms with Gasteiger partial charge in [0.15, 0.2) is 0 Å². The Morgan fingerprint density at radius 2 is 2.08 bits per heavy atom. The highest BCUT2D eigenvalue weighted by Crippen LogP contribution is 2.46. The summed E-state index contributed by atoms with van der Waals surface area (Å²) in [4.78, 5) is 2.32. The Hall–Kier alpha value is -1.62. The van der Waals surface area contributed by atoms with Crippen molar-refractivity contribution in [1.82, 2.24) is 5.32 Å². The van der Waals surface area contributed by atoms with Gasteiger partial charge in [0.2, 0.25) is 0 Å². The lowest BCUT2D eigenvalue weighted by molar-refractivity contribution is 0.407. The zero-order valence-electron chi connectivity index (χ0n) is 15.0. The molecule has 2 N–H and O–H groups in total. The maximum absolute atomic E-state index is 6.30. The molecule has 2 aliphatic rings. The fourth-order valence-electron chi connectivity index (χ4n) is 4.17. The molecule has 1 saturated heterocycles. The minimum Gasteiger partial charge on any atom is -0.494 e. The number of nitrogens with zero attached hydrogens (tertiary/aromatic N) is 1. The molecule has 2 aromatic carbocycles. The van der Waals surface area contributed by atoms with Gasteiger partial charge >= 0.3 is 0 Å². The second kappa shape index (κ2) is 7.18. The molecule has 0 aliphatic carbocycles. The molecule has 6 heteroatoms. The zero-order chi connectivity index (χ0) is 18.3. The summed E-state index contributed by atoms with van der Waals surface area (Å²) in [5.74, 6) is 2.11. The van der Waals surface area contributed by atoms with Crippen molar-refractivity contribution in [2.75, 3.05) is 44.0 Å². The molecular formula is C20H23Cl2N3O. The van der Waals surface area contributed by atoms with E-state index >= 15 is 0 Å². The van der Waals surface area contributed by atoms with Gasteiger partial charge in [-0.2, -0.15) is 0 Å². The molecule has 2 aromatic rings. The van der Waals surface area contributed by atoms with Crippen LogP contribution < -0.4 is 20.3 Å². The maximum atomic E-state index is 6.30. The summed E-state index contributed by atoms with van der Waals surface area (Å²) < 4.78 is 5.72. The van der Waals surface area contributed by atoms with E-state index in [4.69, 9.17) is 27.9 Å². The molecular weight excluding hydrogens is 369 g/mol. The van der Waals surface area contributed by atoms with Crippen LogP contribution in [0.4, 0.5) is 11.4 Å². The van der Waals surface area contributed by atoms with Gasteiger partial charge in [0, 0.05) is 60.9 Å². The Kier molecular flexibility index (Phi) is 4.91. The average Bonchev–Trinajstić information content (AvgIpc) is 3.08. The second-order valence-electron chi connectivity index (χ2n) is 7.11. The number of hydrogen-bond donors (Lipinski definition) is 2. The molecule has 0 amide bonds. The number of hydrogen-bond acceptors (Lipinski definition) is 4. The van der Waals surface area contributed by atoms with Gasteiger partial charge < -0.3 is 20.3 Å². The van der Waals surface area contributed by atoms with E-state index in [0.717, 1.165) is 36.6 Å². The highest BCUT2D eigenvalue weighted by atomic mass is 35.5. The monoisotopic (exact) mass is 391 g/mol. The van der Waals surface area contributed by atoms with E-state index in [1.807, 2.05) is 12.1 Å². The van der Waals surface area contributed by atoms with Crippen molar-refractivity contribution in [2.45, 2.75) is 12.5 Å². The molecule has 0 radical (unpaired) electrons. The maximum Gasteiger partial charge on any atom is 0.144 e. The van der Waals surface area contributed by atoms with Crippen LogP contribution in [0.25, 0.3) is 0 Å². The smallest absolute Gasteiger partial charge is 0.144 e. The van der Waals surface area contributed by atoms with Crippen molar-refractivity contribution in [3.63, 3.8) is 0 Å². The lowest BCUT2D eigenvalue weighted by Gasteiger charge is -2.37. The van der Waals surface area contributed by atoms with E-state index in [-0.39, 0.29) is 0 Å². The molecule has 0 bridgehead atoms. The summed E-state index contributed by atoms with van der Waals surface area (Å²) in [6, 6.07) is 9.93. The highest BCUT2D eigenvalue weighted by molar-refractivity contribution is 6.35. The highest BCUT2D eigenvalue weighted by Gasteiger charge is 2.37. The van der Waals surface area contributed by atoms with Gasteiger partial charge in [-0.15, -0.1) is 0 Å². The van der Waals surface area contributed by atoms with Crippen LogP contribution in [-0.4, -0.2) is 33.8 Å². The number of halogens is 2. The number of benzene rings is 2. The van der Waals surface area contributed by atoms with Crippen LogP contribution in [0.1, 0.15) is 17.0 Å². The molecule has 0 aromatic heterocycles. The Morgan fingerprint density at radius 3 is 2.85 bits per heavy atom. The summed E-state index contributed by atoms with van der Waals surface area (Å²) >= 11 is 12.3. The summed E-state index contributed by atoms with van der Waals surface area (Å²) in [7, 11) is 3.89. The Bertz CT molecular complexity index is 827. The van der Waals surface area contributed by atoms with E-state index in [1.165, 1.54) is 11.3 Å². The third kappa shape index (κ3) is 3.22. The van der Waals surface area contributed by atoms with Gasteiger partial charge in [0.05, 0.1) is 12.8 Å². The van der Waals surface area contributed by atoms with E-state index < -0.39 is 0 Å². The van der Waals surface area contributed by atoms with Crippen LogP contribution in [0, 0.1) is 5.92 Å². The molecule has 0 spiro atoms. The van der Waals surface area contributed by atoms with Crippen molar-refractivity contribution < 1.29 is 4.74 Å². The first-order chi connectivity index (χ1) is 12.6. The molecule has 4 nitrogen and oxygen atoms in total. The lowest BCUT2D eigenvalue weighted by Crippen LogP contribution is -2.35. The number of nitrogens with one attached hydrogen (secondary N) is 2. The predicted molar refractivity (Wildman–Crippen MR) is 109 cm³/mol. The Balaban J connectivity index is 1.64. The minimum atomic E-state index is 0.538. The van der Waals surface area contributed by atoms with Gasteiger partial charge in [-0.25, -0.2) is 0 Å². The fourth-order valence-corrected chi connectivity index (χ4v) is 4.65. The third-order valence-electron chi connectivity index (χ3n) is 5.45. The molecule has 4 rings (SSSR count). The summed E-state index contributed by atoms with van der Waals surface area (Å²) in [6.07, 6.45) is 0. The van der Waals surface area contributed by atoms with Gasteiger partial charge in [-0.3, -0.25) is 0 Å². The number of methoxy groups -OCH3 is 1. The van der Waals surface area contributed by atoms with Crippen LogP contribution in [0.5, 0.6) is 5.75 Å². The number of rotatable bonds is 4. The second-order valence-corrected chi connectivity index (χ2v) is 7.95. The molecule has 0 unspecified atom stereocenters. The summed E-state index contributed by atoms with van der Waals surface area (Å²) in [6.45, 7) is 3.81. The standard InChI is InChI=1S/C20H23Cl2N3O/c1-25-11-13-8-23-10-17(13)16-6-15(7-19(26-2)20(16)25)24-9-12-3-4-14(21)5-18(12)22/h3-7,13,17,23-24H,8-11H2,1-2H3/t13-,17-/m0/s1. The molecule has 1 fully saturated rings. The molecule has 2 atom stereocenters. The SMILES string of the molecule is COc1cc(NCc2ccc(Cl)cc2Cl)cc2c1N(C)C[C@@H]1CNC[C@H]21. The first kappa shape index (κ1) is 17.8. The van der Waals surface area contributed by atoms with E-state index in [1.54, 1.807) is 13.2 Å². The van der Waals surface area contributed by atoms with Crippen LogP contribution in [-0.2, 0) is 6.54 Å². The van der Waals surface area contributed by atoms with Gasteiger partial charge in [-0.05, 0) is 35.2 Å². The van der Waals surface area contributed by atoms with Crippen LogP contribution >= 0.6 is 23.2 Å².